The third kappa shape index (κ3) is 3.08. The van der Waals surface area contributed by atoms with Gasteiger partial charge in [-0.25, -0.2) is 0 Å². The van der Waals surface area contributed by atoms with E-state index >= 15 is 0 Å². The minimum atomic E-state index is -0.897. The lowest BCUT2D eigenvalue weighted by Gasteiger charge is -2.34. The first-order valence-corrected chi connectivity index (χ1v) is 5.88. The number of carbonyl (C=O) groups is 1. The van der Waals surface area contributed by atoms with Crippen LogP contribution in [0.1, 0.15) is 12.7 Å². The van der Waals surface area contributed by atoms with E-state index in [9.17, 15) is 9.90 Å². The Morgan fingerprint density at radius 2 is 2.18 bits per heavy atom. The van der Waals surface area contributed by atoms with Gasteiger partial charge < -0.3 is 14.4 Å². The van der Waals surface area contributed by atoms with Crippen LogP contribution in [0, 0.1) is 0 Å². The van der Waals surface area contributed by atoms with Crippen LogP contribution in [0.5, 0.6) is 0 Å². The number of aliphatic hydroxyl groups excluding tert-OH is 1. The number of hydrogen-bond donors (Lipinski definition) is 1. The Bertz CT molecular complexity index is 354. The summed E-state index contributed by atoms with van der Waals surface area (Å²) >= 11 is 0. The van der Waals surface area contributed by atoms with E-state index in [1.807, 2.05) is 12.1 Å². The maximum atomic E-state index is 11.6. The van der Waals surface area contributed by atoms with Gasteiger partial charge in [0.05, 0.1) is 12.8 Å². The molecule has 1 aromatic rings. The normalized spacial score (nSPS) is 19.3. The van der Waals surface area contributed by atoms with Crippen molar-refractivity contribution in [1.82, 2.24) is 9.80 Å². The molecule has 1 amide bonds. The third-order valence-corrected chi connectivity index (χ3v) is 3.00. The Morgan fingerprint density at radius 1 is 1.47 bits per heavy atom. The van der Waals surface area contributed by atoms with Gasteiger partial charge in [0.15, 0.2) is 0 Å². The second-order valence-corrected chi connectivity index (χ2v) is 4.36. The van der Waals surface area contributed by atoms with Gasteiger partial charge in [-0.15, -0.1) is 0 Å². The summed E-state index contributed by atoms with van der Waals surface area (Å²) in [5, 5.41) is 9.23. The molecule has 5 nitrogen and oxygen atoms in total. The molecule has 2 rings (SSSR count). The summed E-state index contributed by atoms with van der Waals surface area (Å²) in [7, 11) is 0. The number of aliphatic hydroxyl groups is 1. The topological polar surface area (TPSA) is 56.9 Å². The Hall–Kier alpha value is -1.33. The average Bonchev–Trinajstić information content (AvgIpc) is 2.82. The molecule has 17 heavy (non-hydrogen) atoms. The number of carbonyl (C=O) groups excluding carboxylic acids is 1. The van der Waals surface area contributed by atoms with E-state index in [4.69, 9.17) is 4.42 Å². The van der Waals surface area contributed by atoms with Crippen molar-refractivity contribution in [2.45, 2.75) is 19.6 Å². The van der Waals surface area contributed by atoms with Crippen LogP contribution in [0.25, 0.3) is 0 Å². The van der Waals surface area contributed by atoms with Gasteiger partial charge in [-0.1, -0.05) is 0 Å². The number of hydrogen-bond acceptors (Lipinski definition) is 4. The second-order valence-electron chi connectivity index (χ2n) is 4.36. The van der Waals surface area contributed by atoms with Crippen molar-refractivity contribution in [3.63, 3.8) is 0 Å². The number of amides is 1. The summed E-state index contributed by atoms with van der Waals surface area (Å²) in [5.74, 6) is 0.767. The predicted octanol–water partition coefficient (Wildman–Crippen LogP) is 0.305. The molecule has 5 heteroatoms. The van der Waals surface area contributed by atoms with Gasteiger partial charge in [0.1, 0.15) is 11.9 Å². The second kappa shape index (κ2) is 5.33. The van der Waals surface area contributed by atoms with Crippen LogP contribution in [0.15, 0.2) is 22.8 Å². The molecule has 1 atom stereocenters. The molecule has 0 aromatic carbocycles. The van der Waals surface area contributed by atoms with Crippen molar-refractivity contribution in [1.29, 1.82) is 0 Å². The Kier molecular flexibility index (Phi) is 3.81. The van der Waals surface area contributed by atoms with Crippen LogP contribution in [0.4, 0.5) is 0 Å². The van der Waals surface area contributed by atoms with Crippen molar-refractivity contribution >= 4 is 5.91 Å². The van der Waals surface area contributed by atoms with Crippen molar-refractivity contribution in [2.75, 3.05) is 26.2 Å². The largest absolute Gasteiger partial charge is 0.468 e. The van der Waals surface area contributed by atoms with Gasteiger partial charge in [0, 0.05) is 26.2 Å². The van der Waals surface area contributed by atoms with Gasteiger partial charge in [-0.05, 0) is 19.1 Å². The van der Waals surface area contributed by atoms with E-state index in [2.05, 4.69) is 4.90 Å². The van der Waals surface area contributed by atoms with Crippen LogP contribution >= 0.6 is 0 Å². The highest BCUT2D eigenvalue weighted by Gasteiger charge is 2.23. The molecule has 1 aliphatic rings. The summed E-state index contributed by atoms with van der Waals surface area (Å²) in [5.41, 5.74) is 0. The lowest BCUT2D eigenvalue weighted by atomic mass is 10.2. The van der Waals surface area contributed by atoms with Crippen LogP contribution in [-0.2, 0) is 11.3 Å². The highest BCUT2D eigenvalue weighted by atomic mass is 16.3. The van der Waals surface area contributed by atoms with Gasteiger partial charge in [-0.3, -0.25) is 9.69 Å². The molecule has 1 aromatic heterocycles. The van der Waals surface area contributed by atoms with Gasteiger partial charge in [0.25, 0.3) is 5.91 Å². The molecule has 0 bridgehead atoms. The summed E-state index contributed by atoms with van der Waals surface area (Å²) in [6.45, 7) is 5.27. The fourth-order valence-electron chi connectivity index (χ4n) is 2.01. The van der Waals surface area contributed by atoms with Crippen molar-refractivity contribution in [2.24, 2.45) is 0 Å². The van der Waals surface area contributed by atoms with E-state index < -0.39 is 6.10 Å². The Labute approximate surface area is 101 Å². The lowest BCUT2D eigenvalue weighted by Crippen LogP contribution is -2.50. The molecule has 1 saturated heterocycles. The van der Waals surface area contributed by atoms with E-state index in [0.29, 0.717) is 13.1 Å². The molecule has 0 radical (unpaired) electrons. The molecule has 2 heterocycles. The minimum absolute atomic E-state index is 0.178. The molecule has 1 aliphatic heterocycles. The van der Waals surface area contributed by atoms with Gasteiger partial charge >= 0.3 is 0 Å². The SMILES string of the molecule is CC(O)C(=O)N1CCN(Cc2ccco2)CC1. The number of piperazine rings is 1. The Morgan fingerprint density at radius 3 is 2.71 bits per heavy atom. The highest BCUT2D eigenvalue weighted by Crippen LogP contribution is 2.09. The molecule has 1 N–H and O–H groups in total. The third-order valence-electron chi connectivity index (χ3n) is 3.00. The van der Waals surface area contributed by atoms with E-state index in [1.165, 1.54) is 6.92 Å². The van der Waals surface area contributed by atoms with Crippen molar-refractivity contribution in [3.05, 3.63) is 24.2 Å². The minimum Gasteiger partial charge on any atom is -0.468 e. The molecule has 0 aliphatic carbocycles. The zero-order valence-corrected chi connectivity index (χ0v) is 10.0. The monoisotopic (exact) mass is 238 g/mol. The fraction of sp³-hybridized carbons (Fsp3) is 0.583. The quantitative estimate of drug-likeness (QED) is 0.823. The fourth-order valence-corrected chi connectivity index (χ4v) is 2.01. The predicted molar refractivity (Wildman–Crippen MR) is 62.2 cm³/mol. The van der Waals surface area contributed by atoms with Crippen LogP contribution in [-0.4, -0.2) is 53.1 Å². The maximum Gasteiger partial charge on any atom is 0.251 e. The number of furan rings is 1. The van der Waals surface area contributed by atoms with Crippen LogP contribution < -0.4 is 0 Å². The first-order valence-electron chi connectivity index (χ1n) is 5.88. The molecule has 1 fully saturated rings. The standard InChI is InChI=1S/C12H18N2O3/c1-10(15)12(16)14-6-4-13(5-7-14)9-11-3-2-8-17-11/h2-3,8,10,15H,4-7,9H2,1H3. The van der Waals surface area contributed by atoms with Crippen molar-refractivity contribution < 1.29 is 14.3 Å². The smallest absolute Gasteiger partial charge is 0.251 e. The van der Waals surface area contributed by atoms with Gasteiger partial charge in [0.2, 0.25) is 0 Å². The zero-order valence-electron chi connectivity index (χ0n) is 10.0. The van der Waals surface area contributed by atoms with Crippen molar-refractivity contribution in [3.8, 4) is 0 Å². The van der Waals surface area contributed by atoms with Gasteiger partial charge in [-0.2, -0.15) is 0 Å². The summed E-state index contributed by atoms with van der Waals surface area (Å²) in [4.78, 5) is 15.5. The van der Waals surface area contributed by atoms with Crippen LogP contribution in [0.3, 0.4) is 0 Å². The average molecular weight is 238 g/mol. The van der Waals surface area contributed by atoms with E-state index in [0.717, 1.165) is 25.4 Å². The van der Waals surface area contributed by atoms with E-state index in [1.54, 1.807) is 11.2 Å². The molecule has 0 saturated carbocycles. The lowest BCUT2D eigenvalue weighted by molar-refractivity contribution is -0.141. The first-order chi connectivity index (χ1) is 8.16. The first kappa shape index (κ1) is 12.1. The maximum absolute atomic E-state index is 11.6. The molecule has 0 spiro atoms. The summed E-state index contributed by atoms with van der Waals surface area (Å²) in [6.07, 6.45) is 0.773. The zero-order chi connectivity index (χ0) is 12.3. The molecular weight excluding hydrogens is 220 g/mol. The van der Waals surface area contributed by atoms with Crippen LogP contribution in [0.2, 0.25) is 0 Å². The summed E-state index contributed by atoms with van der Waals surface area (Å²) < 4.78 is 5.29. The molecule has 94 valence electrons. The Balaban J connectivity index is 1.80. The molecular formula is C12H18N2O3. The number of rotatable bonds is 3. The highest BCUT2D eigenvalue weighted by molar-refractivity contribution is 5.80. The van der Waals surface area contributed by atoms with E-state index in [-0.39, 0.29) is 5.91 Å². The summed E-state index contributed by atoms with van der Waals surface area (Å²) in [6, 6.07) is 3.83. The molecule has 1 unspecified atom stereocenters. The number of nitrogens with zero attached hydrogens (tertiary/aromatic N) is 2.